The third-order valence-electron chi connectivity index (χ3n) is 3.85. The number of ether oxygens (including phenoxy) is 1. The summed E-state index contributed by atoms with van der Waals surface area (Å²) >= 11 is 0. The van der Waals surface area contributed by atoms with E-state index < -0.39 is 0 Å². The molecule has 1 aromatic rings. The quantitative estimate of drug-likeness (QED) is 0.889. The molecule has 1 atom stereocenters. The van der Waals surface area contributed by atoms with Crippen molar-refractivity contribution in [3.05, 3.63) is 24.3 Å². The van der Waals surface area contributed by atoms with Crippen molar-refractivity contribution in [1.82, 2.24) is 10.2 Å². The van der Waals surface area contributed by atoms with Crippen LogP contribution >= 0.6 is 0 Å². The Kier molecular flexibility index (Phi) is 5.05. The van der Waals surface area contributed by atoms with Crippen molar-refractivity contribution in [2.45, 2.75) is 12.5 Å². The molecule has 1 aliphatic rings. The van der Waals surface area contributed by atoms with Gasteiger partial charge in [-0.2, -0.15) is 0 Å². The predicted molar refractivity (Wildman–Crippen MR) is 80.2 cm³/mol. The first-order valence-electron chi connectivity index (χ1n) is 6.98. The summed E-state index contributed by atoms with van der Waals surface area (Å²) in [5.41, 5.74) is 1.26. The fourth-order valence-electron chi connectivity index (χ4n) is 2.68. The minimum Gasteiger partial charge on any atom is -0.497 e. The standard InChI is InChI=1S/C15H25N3O/c1-16-11-14-12-18(9-5-8-17(14)2)13-6-4-7-15(10-13)19-3/h4,6-7,10,14,16H,5,8-9,11-12H2,1-3H3. The molecule has 1 N–H and O–H groups in total. The van der Waals surface area contributed by atoms with Gasteiger partial charge in [0.05, 0.1) is 7.11 Å². The highest BCUT2D eigenvalue weighted by molar-refractivity contribution is 5.51. The molecule has 19 heavy (non-hydrogen) atoms. The molecule has 4 nitrogen and oxygen atoms in total. The number of likely N-dealkylation sites (N-methyl/N-ethyl adjacent to an activating group) is 2. The molecule has 1 aromatic carbocycles. The summed E-state index contributed by atoms with van der Waals surface area (Å²) < 4.78 is 5.32. The normalized spacial score (nSPS) is 21.2. The predicted octanol–water partition coefficient (Wildman–Crippen LogP) is 1.43. The topological polar surface area (TPSA) is 27.7 Å². The lowest BCUT2D eigenvalue weighted by atomic mass is 10.2. The number of rotatable bonds is 4. The molecule has 1 fully saturated rings. The Hall–Kier alpha value is -1.26. The minimum absolute atomic E-state index is 0.554. The van der Waals surface area contributed by atoms with Crippen LogP contribution < -0.4 is 15.0 Å². The van der Waals surface area contributed by atoms with Gasteiger partial charge in [0, 0.05) is 37.4 Å². The average molecular weight is 263 g/mol. The van der Waals surface area contributed by atoms with Crippen LogP contribution in [0.5, 0.6) is 5.75 Å². The molecule has 0 bridgehead atoms. The SMILES string of the molecule is CNCC1CN(c2cccc(OC)c2)CCCN1C. The smallest absolute Gasteiger partial charge is 0.120 e. The molecule has 0 aliphatic carbocycles. The molecule has 0 radical (unpaired) electrons. The van der Waals surface area contributed by atoms with Crippen LogP contribution in [0.1, 0.15) is 6.42 Å². The van der Waals surface area contributed by atoms with E-state index in [-0.39, 0.29) is 0 Å². The number of hydrogen-bond acceptors (Lipinski definition) is 4. The number of nitrogens with zero attached hydrogens (tertiary/aromatic N) is 2. The maximum absolute atomic E-state index is 5.32. The molecule has 106 valence electrons. The highest BCUT2D eigenvalue weighted by Gasteiger charge is 2.22. The van der Waals surface area contributed by atoms with E-state index in [0.29, 0.717) is 6.04 Å². The highest BCUT2D eigenvalue weighted by atomic mass is 16.5. The summed E-state index contributed by atoms with van der Waals surface area (Å²) in [5.74, 6) is 0.931. The van der Waals surface area contributed by atoms with Gasteiger partial charge in [-0.05, 0) is 39.2 Å². The van der Waals surface area contributed by atoms with Gasteiger partial charge in [0.25, 0.3) is 0 Å². The van der Waals surface area contributed by atoms with Crippen molar-refractivity contribution in [1.29, 1.82) is 0 Å². The molecule has 0 saturated carbocycles. The van der Waals surface area contributed by atoms with Crippen molar-refractivity contribution in [2.24, 2.45) is 0 Å². The fourth-order valence-corrected chi connectivity index (χ4v) is 2.68. The van der Waals surface area contributed by atoms with Gasteiger partial charge in [0.2, 0.25) is 0 Å². The summed E-state index contributed by atoms with van der Waals surface area (Å²) in [6, 6.07) is 8.92. The second-order valence-electron chi connectivity index (χ2n) is 5.19. The zero-order chi connectivity index (χ0) is 13.7. The first-order chi connectivity index (χ1) is 9.24. The van der Waals surface area contributed by atoms with Gasteiger partial charge < -0.3 is 19.9 Å². The molecule has 1 saturated heterocycles. The first kappa shape index (κ1) is 14.2. The Labute approximate surface area is 116 Å². The number of anilines is 1. The first-order valence-corrected chi connectivity index (χ1v) is 6.98. The summed E-state index contributed by atoms with van der Waals surface area (Å²) in [6.07, 6.45) is 1.20. The zero-order valence-electron chi connectivity index (χ0n) is 12.2. The van der Waals surface area contributed by atoms with Crippen LogP contribution in [-0.2, 0) is 0 Å². The van der Waals surface area contributed by atoms with Gasteiger partial charge >= 0.3 is 0 Å². The largest absolute Gasteiger partial charge is 0.497 e. The summed E-state index contributed by atoms with van der Waals surface area (Å²) in [5, 5.41) is 3.30. The maximum atomic E-state index is 5.32. The minimum atomic E-state index is 0.554. The highest BCUT2D eigenvalue weighted by Crippen LogP contribution is 2.23. The molecule has 1 aliphatic heterocycles. The number of hydrogen-bond donors (Lipinski definition) is 1. The van der Waals surface area contributed by atoms with Crippen LogP contribution in [0.2, 0.25) is 0 Å². The van der Waals surface area contributed by atoms with Crippen LogP contribution in [0.25, 0.3) is 0 Å². The second kappa shape index (κ2) is 6.78. The van der Waals surface area contributed by atoms with Crippen molar-refractivity contribution in [2.75, 3.05) is 52.3 Å². The number of nitrogens with one attached hydrogen (secondary N) is 1. The Morgan fingerprint density at radius 2 is 2.21 bits per heavy atom. The summed E-state index contributed by atoms with van der Waals surface area (Å²) in [4.78, 5) is 4.92. The van der Waals surface area contributed by atoms with Crippen LogP contribution in [0, 0.1) is 0 Å². The number of benzene rings is 1. The van der Waals surface area contributed by atoms with E-state index in [1.54, 1.807) is 7.11 Å². The fraction of sp³-hybridized carbons (Fsp3) is 0.600. The molecular weight excluding hydrogens is 238 g/mol. The van der Waals surface area contributed by atoms with Gasteiger partial charge in [-0.15, -0.1) is 0 Å². The molecule has 0 spiro atoms. The van der Waals surface area contributed by atoms with E-state index >= 15 is 0 Å². The van der Waals surface area contributed by atoms with Crippen LogP contribution in [0.3, 0.4) is 0 Å². The van der Waals surface area contributed by atoms with Crippen molar-refractivity contribution in [3.63, 3.8) is 0 Å². The molecule has 1 heterocycles. The van der Waals surface area contributed by atoms with E-state index in [2.05, 4.69) is 40.4 Å². The van der Waals surface area contributed by atoms with Crippen molar-refractivity contribution >= 4 is 5.69 Å². The van der Waals surface area contributed by atoms with E-state index in [0.717, 1.165) is 31.9 Å². The van der Waals surface area contributed by atoms with E-state index in [1.807, 2.05) is 13.1 Å². The van der Waals surface area contributed by atoms with Gasteiger partial charge in [-0.1, -0.05) is 6.07 Å². The lowest BCUT2D eigenvalue weighted by molar-refractivity contribution is 0.257. The van der Waals surface area contributed by atoms with E-state index in [1.165, 1.54) is 12.1 Å². The van der Waals surface area contributed by atoms with Crippen LogP contribution in [0.15, 0.2) is 24.3 Å². The van der Waals surface area contributed by atoms with E-state index in [9.17, 15) is 0 Å². The zero-order valence-corrected chi connectivity index (χ0v) is 12.2. The lowest BCUT2D eigenvalue weighted by Crippen LogP contribution is -2.44. The monoisotopic (exact) mass is 263 g/mol. The third kappa shape index (κ3) is 3.61. The Morgan fingerprint density at radius 3 is 2.95 bits per heavy atom. The number of methoxy groups -OCH3 is 1. The van der Waals surface area contributed by atoms with Crippen LogP contribution in [-0.4, -0.2) is 58.3 Å². The molecule has 0 aromatic heterocycles. The average Bonchev–Trinajstić information content (AvgIpc) is 2.62. The van der Waals surface area contributed by atoms with Crippen molar-refractivity contribution < 1.29 is 4.74 Å². The molecule has 2 rings (SSSR count). The van der Waals surface area contributed by atoms with Crippen molar-refractivity contribution in [3.8, 4) is 5.75 Å². The van der Waals surface area contributed by atoms with Gasteiger partial charge in [-0.3, -0.25) is 0 Å². The van der Waals surface area contributed by atoms with E-state index in [4.69, 9.17) is 4.74 Å². The lowest BCUT2D eigenvalue weighted by Gasteiger charge is -2.30. The maximum Gasteiger partial charge on any atom is 0.120 e. The van der Waals surface area contributed by atoms with Crippen LogP contribution in [0.4, 0.5) is 5.69 Å². The molecule has 1 unspecified atom stereocenters. The Balaban J connectivity index is 2.13. The summed E-state index contributed by atoms with van der Waals surface area (Å²) in [6.45, 7) is 4.35. The van der Waals surface area contributed by atoms with Gasteiger partial charge in [-0.25, -0.2) is 0 Å². The summed E-state index contributed by atoms with van der Waals surface area (Å²) in [7, 11) is 5.96. The molecule has 0 amide bonds. The second-order valence-corrected chi connectivity index (χ2v) is 5.19. The van der Waals surface area contributed by atoms with Gasteiger partial charge in [0.15, 0.2) is 0 Å². The Bertz CT molecular complexity index is 397. The van der Waals surface area contributed by atoms with Gasteiger partial charge in [0.1, 0.15) is 5.75 Å². The molecular formula is C15H25N3O. The Morgan fingerprint density at radius 1 is 1.37 bits per heavy atom. The molecule has 4 heteroatoms. The third-order valence-corrected chi connectivity index (χ3v) is 3.85.